The summed E-state index contributed by atoms with van der Waals surface area (Å²) in [6, 6.07) is 0. The Morgan fingerprint density at radius 2 is 1.90 bits per heavy atom. The Balaban J connectivity index is 3.16. The minimum absolute atomic E-state index is 0.343. The highest BCUT2D eigenvalue weighted by atomic mass is 33.1. The molecule has 6 nitrogen and oxygen atoms in total. The molecule has 126 valence electrons. The van der Waals surface area contributed by atoms with Gasteiger partial charge in [-0.3, -0.25) is 4.57 Å². The summed E-state index contributed by atoms with van der Waals surface area (Å²) in [5.74, 6) is 1.56. The van der Waals surface area contributed by atoms with Crippen LogP contribution >= 0.6 is 29.2 Å². The summed E-state index contributed by atoms with van der Waals surface area (Å²) in [6.45, 7) is 3.95. The fourth-order valence-electron chi connectivity index (χ4n) is 1.29. The zero-order valence-electron chi connectivity index (χ0n) is 12.7. The van der Waals surface area contributed by atoms with Crippen molar-refractivity contribution in [1.29, 1.82) is 0 Å². The zero-order valence-corrected chi connectivity index (χ0v) is 15.2. The van der Waals surface area contributed by atoms with Gasteiger partial charge in [-0.1, -0.05) is 41.4 Å². The van der Waals surface area contributed by atoms with Crippen molar-refractivity contribution in [3.05, 3.63) is 0 Å². The number of alkyl carbamates (subject to hydrolysis) is 1. The second-order valence-electron chi connectivity index (χ2n) is 4.45. The van der Waals surface area contributed by atoms with Crippen molar-refractivity contribution in [2.75, 3.05) is 31.5 Å². The van der Waals surface area contributed by atoms with Crippen LogP contribution in [0, 0.1) is 0 Å². The first-order valence-corrected chi connectivity index (χ1v) is 11.6. The van der Waals surface area contributed by atoms with Gasteiger partial charge in [0, 0.05) is 12.4 Å². The molecule has 0 radical (unpaired) electrons. The van der Waals surface area contributed by atoms with Gasteiger partial charge < -0.3 is 19.5 Å². The van der Waals surface area contributed by atoms with Crippen molar-refractivity contribution >= 4 is 35.3 Å². The second kappa shape index (κ2) is 13.8. The molecule has 0 aliphatic carbocycles. The normalized spacial score (nSPS) is 13.7. The molecular weight excluding hydrogens is 333 g/mol. The van der Waals surface area contributed by atoms with Crippen LogP contribution in [0.25, 0.3) is 0 Å². The quantitative estimate of drug-likeness (QED) is 0.223. The molecule has 0 aliphatic heterocycles. The maximum atomic E-state index is 11.1. The van der Waals surface area contributed by atoms with Crippen LogP contribution in [0.3, 0.4) is 0 Å². The van der Waals surface area contributed by atoms with Crippen LogP contribution in [-0.2, 0) is 13.8 Å². The monoisotopic (exact) mass is 359 g/mol. The Kier molecular flexibility index (Phi) is 13.8. The first kappa shape index (κ1) is 21.1. The van der Waals surface area contributed by atoms with E-state index in [1.165, 1.54) is 6.66 Å². The number of rotatable bonds is 13. The summed E-state index contributed by atoms with van der Waals surface area (Å²) < 4.78 is 20.5. The van der Waals surface area contributed by atoms with E-state index in [4.69, 9.17) is 14.2 Å². The largest absolute Gasteiger partial charge is 0.450 e. The SMILES string of the molecule is CCCOC(=O)NCSSCCCCCCOP(C)(=O)O. The summed E-state index contributed by atoms with van der Waals surface area (Å²) in [5, 5.41) is 2.66. The Labute approximate surface area is 135 Å². The number of hydrogen-bond acceptors (Lipinski definition) is 6. The minimum atomic E-state index is -3.31. The van der Waals surface area contributed by atoms with Gasteiger partial charge in [-0.25, -0.2) is 4.79 Å². The van der Waals surface area contributed by atoms with Crippen molar-refractivity contribution < 1.29 is 23.5 Å². The third-order valence-electron chi connectivity index (χ3n) is 2.25. The van der Waals surface area contributed by atoms with Crippen molar-refractivity contribution in [2.45, 2.75) is 39.0 Å². The zero-order chi connectivity index (χ0) is 16.0. The highest BCUT2D eigenvalue weighted by Crippen LogP contribution is 2.36. The standard InChI is InChI=1S/C12H26NO5PS2/c1-3-8-17-12(14)13-11-21-20-10-7-5-4-6-9-18-19(2,15)16/h3-11H2,1-2H3,(H,13,14)(H,15,16). The predicted molar refractivity (Wildman–Crippen MR) is 89.9 cm³/mol. The average molecular weight is 359 g/mol. The van der Waals surface area contributed by atoms with Gasteiger partial charge >= 0.3 is 13.7 Å². The van der Waals surface area contributed by atoms with E-state index in [1.807, 2.05) is 6.92 Å². The lowest BCUT2D eigenvalue weighted by Gasteiger charge is -2.06. The summed E-state index contributed by atoms with van der Waals surface area (Å²) >= 11 is 0. The van der Waals surface area contributed by atoms with E-state index >= 15 is 0 Å². The topological polar surface area (TPSA) is 84.9 Å². The number of carbonyl (C=O) groups is 1. The molecule has 1 unspecified atom stereocenters. The molecule has 0 saturated heterocycles. The first-order chi connectivity index (χ1) is 9.95. The van der Waals surface area contributed by atoms with Crippen LogP contribution in [0.4, 0.5) is 4.79 Å². The number of unbranched alkanes of at least 4 members (excludes halogenated alkanes) is 3. The average Bonchev–Trinajstić information content (AvgIpc) is 2.41. The molecule has 0 aromatic heterocycles. The number of amides is 1. The van der Waals surface area contributed by atoms with Crippen molar-refractivity contribution in [2.24, 2.45) is 0 Å². The molecule has 1 amide bonds. The predicted octanol–water partition coefficient (Wildman–Crippen LogP) is 3.85. The van der Waals surface area contributed by atoms with Gasteiger partial charge in [-0.15, -0.1) is 0 Å². The lowest BCUT2D eigenvalue weighted by atomic mass is 10.2. The van der Waals surface area contributed by atoms with Crippen LogP contribution < -0.4 is 5.32 Å². The minimum Gasteiger partial charge on any atom is -0.450 e. The Hall–Kier alpha value is 0.120. The van der Waals surface area contributed by atoms with Crippen molar-refractivity contribution in [3.63, 3.8) is 0 Å². The molecule has 0 rings (SSSR count). The highest BCUT2D eigenvalue weighted by Gasteiger charge is 2.08. The fraction of sp³-hybridized carbons (Fsp3) is 0.917. The molecule has 0 aliphatic rings. The van der Waals surface area contributed by atoms with Crippen molar-refractivity contribution in [1.82, 2.24) is 5.32 Å². The fourth-order valence-corrected chi connectivity index (χ4v) is 3.59. The molecule has 21 heavy (non-hydrogen) atoms. The van der Waals surface area contributed by atoms with Crippen LogP contribution in [0.15, 0.2) is 0 Å². The van der Waals surface area contributed by atoms with E-state index in [0.717, 1.165) is 37.9 Å². The summed E-state index contributed by atoms with van der Waals surface area (Å²) in [7, 11) is 0.00716. The van der Waals surface area contributed by atoms with E-state index in [2.05, 4.69) is 5.32 Å². The molecular formula is C12H26NO5PS2. The third-order valence-corrected chi connectivity index (χ3v) is 5.15. The summed E-state index contributed by atoms with van der Waals surface area (Å²) in [6.07, 6.45) is 4.42. The molecule has 1 atom stereocenters. The molecule has 9 heteroatoms. The summed E-state index contributed by atoms with van der Waals surface area (Å²) in [5.41, 5.74) is 0. The van der Waals surface area contributed by atoms with Gasteiger partial charge in [0.2, 0.25) is 0 Å². The molecule has 0 saturated carbocycles. The van der Waals surface area contributed by atoms with Gasteiger partial charge in [-0.2, -0.15) is 0 Å². The number of nitrogens with one attached hydrogen (secondary N) is 1. The van der Waals surface area contributed by atoms with Gasteiger partial charge in [0.1, 0.15) is 0 Å². The molecule has 0 fully saturated rings. The summed E-state index contributed by atoms with van der Waals surface area (Å²) in [4.78, 5) is 20.0. The second-order valence-corrected chi connectivity index (χ2v) is 8.89. The smallest absolute Gasteiger partial charge is 0.407 e. The first-order valence-electron chi connectivity index (χ1n) is 7.05. The maximum Gasteiger partial charge on any atom is 0.407 e. The number of carbonyl (C=O) groups excluding carboxylic acids is 1. The van der Waals surface area contributed by atoms with Gasteiger partial charge in [0.15, 0.2) is 0 Å². The molecule has 0 spiro atoms. The Morgan fingerprint density at radius 3 is 2.57 bits per heavy atom. The van der Waals surface area contributed by atoms with Crippen LogP contribution in [-0.4, -0.2) is 42.5 Å². The molecule has 0 aromatic carbocycles. The molecule has 0 bridgehead atoms. The van der Waals surface area contributed by atoms with E-state index in [9.17, 15) is 9.36 Å². The number of ether oxygens (including phenoxy) is 1. The van der Waals surface area contributed by atoms with E-state index < -0.39 is 7.60 Å². The third kappa shape index (κ3) is 18.1. The van der Waals surface area contributed by atoms with Crippen molar-refractivity contribution in [3.8, 4) is 0 Å². The Morgan fingerprint density at radius 1 is 1.19 bits per heavy atom. The van der Waals surface area contributed by atoms with E-state index in [0.29, 0.717) is 19.1 Å². The van der Waals surface area contributed by atoms with Crippen LogP contribution in [0.2, 0.25) is 0 Å². The Bertz CT molecular complexity index is 314. The molecule has 0 aromatic rings. The number of hydrogen-bond donors (Lipinski definition) is 2. The van der Waals surface area contributed by atoms with Crippen LogP contribution in [0.5, 0.6) is 0 Å². The van der Waals surface area contributed by atoms with Gasteiger partial charge in [-0.05, 0) is 19.3 Å². The van der Waals surface area contributed by atoms with Gasteiger partial charge in [0.05, 0.1) is 19.1 Å². The van der Waals surface area contributed by atoms with Gasteiger partial charge in [0.25, 0.3) is 0 Å². The van der Waals surface area contributed by atoms with Crippen LogP contribution in [0.1, 0.15) is 39.0 Å². The maximum absolute atomic E-state index is 11.1. The lowest BCUT2D eigenvalue weighted by molar-refractivity contribution is 0.148. The van der Waals surface area contributed by atoms with E-state index in [1.54, 1.807) is 21.6 Å². The highest BCUT2D eigenvalue weighted by molar-refractivity contribution is 8.76. The van der Waals surface area contributed by atoms with E-state index in [-0.39, 0.29) is 6.09 Å². The molecule has 2 N–H and O–H groups in total. The molecule has 0 heterocycles. The lowest BCUT2D eigenvalue weighted by Crippen LogP contribution is -2.23.